The van der Waals surface area contributed by atoms with Crippen molar-refractivity contribution in [2.24, 2.45) is 0 Å². The number of rotatable bonds is 12. The van der Waals surface area contributed by atoms with Crippen molar-refractivity contribution >= 4 is 61.6 Å². The van der Waals surface area contributed by atoms with Gasteiger partial charge in [0.15, 0.2) is 0 Å². The Morgan fingerprint density at radius 1 is 0.387 bits per heavy atom. The molecule has 0 spiro atoms. The van der Waals surface area contributed by atoms with E-state index in [1.165, 1.54) is 16.2 Å². The minimum atomic E-state index is -0.626. The Morgan fingerprint density at radius 2 is 0.667 bits per heavy atom. The van der Waals surface area contributed by atoms with Gasteiger partial charge in [0.25, 0.3) is 17.7 Å². The first-order valence-electron chi connectivity index (χ1n) is 40.5. The van der Waals surface area contributed by atoms with Crippen LogP contribution in [-0.2, 0) is 55.5 Å². The second kappa shape index (κ2) is 31.9. The number of benzene rings is 6. The Bertz CT molecular complexity index is 4670. The van der Waals surface area contributed by atoms with Gasteiger partial charge in [-0.3, -0.25) is 39.1 Å². The Hall–Kier alpha value is -9.52. The lowest BCUT2D eigenvalue weighted by Crippen LogP contribution is -2.45. The van der Waals surface area contributed by atoms with E-state index >= 15 is 0 Å². The Kier molecular flexibility index (Phi) is 21.7. The number of piperidine rings is 3. The van der Waals surface area contributed by atoms with Crippen LogP contribution in [-0.4, -0.2) is 153 Å². The normalized spacial score (nSPS) is 23.7. The maximum atomic E-state index is 13.6. The summed E-state index contributed by atoms with van der Waals surface area (Å²) in [4.78, 5) is 67.5. The number of carbonyl (C=O) groups is 3. The van der Waals surface area contributed by atoms with Crippen molar-refractivity contribution in [3.05, 3.63) is 229 Å². The second-order valence-electron chi connectivity index (χ2n) is 33.0. The highest BCUT2D eigenvalue weighted by molar-refractivity contribution is 6.29. The molecule has 0 bridgehead atoms. The van der Waals surface area contributed by atoms with Gasteiger partial charge in [0, 0.05) is 107 Å². The molecular formula is C92H99ClN12O6. The summed E-state index contributed by atoms with van der Waals surface area (Å²) in [5.41, 5.74) is 11.8. The first kappa shape index (κ1) is 75.5. The lowest BCUT2D eigenvalue weighted by molar-refractivity contribution is 0.0191. The number of aliphatic hydroxyl groups is 3. The fraction of sp³-hybridized carbons (Fsp3) is 0.446. The van der Waals surface area contributed by atoms with Crippen LogP contribution < -0.4 is 0 Å². The molecule has 19 heteroatoms. The van der Waals surface area contributed by atoms with E-state index in [0.29, 0.717) is 37.6 Å². The molecular weight excluding hydrogens is 1400 g/mol. The van der Waals surface area contributed by atoms with E-state index in [9.17, 15) is 45.5 Å². The monoisotopic (exact) mass is 1500 g/mol. The fourth-order valence-electron chi connectivity index (χ4n) is 19.9. The number of aromatic nitrogens is 3. The molecule has 0 radical (unpaired) electrons. The Morgan fingerprint density at radius 3 is 0.946 bits per heavy atom. The largest absolute Gasteiger partial charge is 0.391 e. The van der Waals surface area contributed by atoms with Crippen molar-refractivity contribution in [3.63, 3.8) is 0 Å². The van der Waals surface area contributed by atoms with E-state index in [2.05, 4.69) is 121 Å². The Labute approximate surface area is 655 Å². The van der Waals surface area contributed by atoms with Crippen LogP contribution in [0.15, 0.2) is 146 Å². The fourth-order valence-corrected chi connectivity index (χ4v) is 20.1. The molecule has 9 aliphatic rings. The highest BCUT2D eigenvalue weighted by Crippen LogP contribution is 2.44. The van der Waals surface area contributed by atoms with Gasteiger partial charge in [-0.2, -0.15) is 15.8 Å². The third kappa shape index (κ3) is 14.7. The van der Waals surface area contributed by atoms with Crippen molar-refractivity contribution in [2.45, 2.75) is 221 Å². The highest BCUT2D eigenvalue weighted by Gasteiger charge is 2.45. The third-order valence-electron chi connectivity index (χ3n) is 26.4. The number of hydrogen-bond acceptors (Lipinski definition) is 15. The van der Waals surface area contributed by atoms with Crippen LogP contribution in [0, 0.1) is 47.8 Å². The number of nitrogens with zero attached hydrogens (tertiary/aromatic N) is 12. The van der Waals surface area contributed by atoms with Crippen molar-refractivity contribution in [3.8, 4) is 18.2 Å². The summed E-state index contributed by atoms with van der Waals surface area (Å²) in [5.74, 6) is 0.156. The van der Waals surface area contributed by atoms with Gasteiger partial charge in [-0.05, 0) is 211 Å². The number of carbonyl (C=O) groups excluding carboxylic acids is 3. The number of pyridine rings is 3. The van der Waals surface area contributed by atoms with E-state index in [0.717, 1.165) is 256 Å². The molecule has 18 nitrogen and oxygen atoms in total. The molecule has 570 valence electrons. The first-order chi connectivity index (χ1) is 54.0. The zero-order valence-corrected chi connectivity index (χ0v) is 64.6. The van der Waals surface area contributed by atoms with Gasteiger partial charge in [0.05, 0.1) is 71.7 Å². The maximum Gasteiger partial charge on any atom is 0.254 e. The second-order valence-corrected chi connectivity index (χ2v) is 33.4. The lowest BCUT2D eigenvalue weighted by Gasteiger charge is -2.37. The summed E-state index contributed by atoms with van der Waals surface area (Å²) in [6.07, 6.45) is 14.2. The van der Waals surface area contributed by atoms with Gasteiger partial charge >= 0.3 is 0 Å². The molecule has 6 aromatic carbocycles. The number of nitriles is 3. The van der Waals surface area contributed by atoms with Crippen LogP contribution in [0.25, 0.3) is 32.3 Å². The molecule has 18 rings (SSSR count). The van der Waals surface area contributed by atoms with Gasteiger partial charge < -0.3 is 30.0 Å². The number of amides is 3. The van der Waals surface area contributed by atoms with Gasteiger partial charge in [-0.25, -0.2) is 4.98 Å². The minimum absolute atomic E-state index is 0.0436. The Balaban J connectivity index is 0.000000126. The number of likely N-dealkylation sites (tertiary alicyclic amines) is 3. The number of aliphatic hydroxyl groups excluding tert-OH is 3. The topological polar surface area (TPSA) is 241 Å². The minimum Gasteiger partial charge on any atom is -0.391 e. The molecule has 9 aromatic rings. The summed E-state index contributed by atoms with van der Waals surface area (Å²) in [5, 5.41) is 69.6. The van der Waals surface area contributed by atoms with E-state index in [-0.39, 0.29) is 35.8 Å². The smallest absolute Gasteiger partial charge is 0.254 e. The molecule has 3 N–H and O–H groups in total. The number of aryl methyl sites for hydroxylation is 2. The molecule has 9 heterocycles. The van der Waals surface area contributed by atoms with Gasteiger partial charge in [-0.1, -0.05) is 141 Å². The highest BCUT2D eigenvalue weighted by atomic mass is 35.5. The van der Waals surface area contributed by atoms with Crippen molar-refractivity contribution < 1.29 is 29.7 Å². The molecule has 111 heavy (non-hydrogen) atoms. The third-order valence-corrected chi connectivity index (χ3v) is 26.6. The van der Waals surface area contributed by atoms with Crippen LogP contribution in [0.3, 0.4) is 0 Å². The van der Waals surface area contributed by atoms with Gasteiger partial charge in [0.1, 0.15) is 21.4 Å². The maximum absolute atomic E-state index is 13.6. The van der Waals surface area contributed by atoms with Crippen LogP contribution in [0.1, 0.15) is 208 Å². The predicted molar refractivity (Wildman–Crippen MR) is 429 cm³/mol. The molecule has 3 aromatic heterocycles. The summed E-state index contributed by atoms with van der Waals surface area (Å²) in [6.45, 7) is 12.6. The standard InChI is InChI=1S/2C31H34N4O2.C30H31ClN4O2/c2*1-21-7-6-12-29(33-21)31(20-32)13-15-34(16-14-31)18-22-17-25-26(24-9-3-2-8-23(22)24)19-35(30(25)37)27-10-4-5-11-28(27)36;31-28-11-5-10-27(33-28)30(19-32)12-14-34(15-13-30)17-20-16-23-24(22-7-2-1-6-21(20)22)18-35(29(23)37)25-8-3-4-9-26(25)36/h2*2-3,6-9,12,17,27-28,36H,4-5,10-11,13-16,18-19H2,1H3;1-2,5-7,10-11,16,25-26,36H,3-4,8-9,12-15,17-18H2/t2*27-,28-;25-,26-/m000/s1. The molecule has 6 fully saturated rings. The lowest BCUT2D eigenvalue weighted by atomic mass is 9.76. The number of fused-ring (bicyclic) bond motifs is 9. The van der Waals surface area contributed by atoms with E-state index < -0.39 is 34.6 Å². The molecule has 3 saturated carbocycles. The van der Waals surface area contributed by atoms with Crippen molar-refractivity contribution in [2.75, 3.05) is 39.3 Å². The quantitative estimate of drug-likeness (QED) is 0.0964. The molecule has 6 atom stereocenters. The average Bonchev–Trinajstić information content (AvgIpc) is 1.61. The number of halogens is 1. The predicted octanol–water partition coefficient (Wildman–Crippen LogP) is 14.9. The molecule has 3 saturated heterocycles. The number of hydrogen-bond donors (Lipinski definition) is 3. The SMILES string of the molecule is Cc1cccc(C2(C#N)CCN(Cc3cc4c(c5ccccc35)CN([C@H]3CCCC[C@@H]3O)C4=O)CC2)n1.Cc1cccc(C2(C#N)CCN(Cc3cc4c(c5ccccc35)CN([C@H]3CCCC[C@@H]3O)C4=O)CC2)n1.N#CC1(c2cccc(Cl)n2)CCN(Cc2cc3c(c4ccccc24)CN([C@H]2CCCC[C@@H]2O)C3=O)CC1. The zero-order chi connectivity index (χ0) is 76.7. The first-order valence-corrected chi connectivity index (χ1v) is 40.8. The van der Waals surface area contributed by atoms with Crippen molar-refractivity contribution in [1.29, 1.82) is 15.8 Å². The van der Waals surface area contributed by atoms with E-state index in [4.69, 9.17) is 11.6 Å². The summed E-state index contributed by atoms with van der Waals surface area (Å²) in [6, 6.07) is 56.3. The van der Waals surface area contributed by atoms with Crippen LogP contribution >= 0.6 is 11.6 Å². The molecule has 6 aliphatic heterocycles. The summed E-state index contributed by atoms with van der Waals surface area (Å²) < 4.78 is 0. The zero-order valence-electron chi connectivity index (χ0n) is 63.8. The molecule has 3 aliphatic carbocycles. The van der Waals surface area contributed by atoms with Crippen LogP contribution in [0.5, 0.6) is 0 Å². The summed E-state index contributed by atoms with van der Waals surface area (Å²) >= 11 is 6.12. The summed E-state index contributed by atoms with van der Waals surface area (Å²) in [7, 11) is 0. The van der Waals surface area contributed by atoms with Crippen LogP contribution in [0.4, 0.5) is 0 Å². The van der Waals surface area contributed by atoms with Crippen molar-refractivity contribution in [1.82, 2.24) is 44.4 Å². The van der Waals surface area contributed by atoms with E-state index in [1.54, 1.807) is 6.07 Å². The van der Waals surface area contributed by atoms with Crippen LogP contribution in [0.2, 0.25) is 5.15 Å². The van der Waals surface area contributed by atoms with Gasteiger partial charge in [0.2, 0.25) is 0 Å². The molecule has 0 unspecified atom stereocenters. The van der Waals surface area contributed by atoms with E-state index in [1.807, 2.05) is 95.3 Å². The average molecular weight is 1500 g/mol. The van der Waals surface area contributed by atoms with Gasteiger partial charge in [-0.15, -0.1) is 0 Å². The molecule has 3 amide bonds.